The lowest BCUT2D eigenvalue weighted by Crippen LogP contribution is -2.41. The normalized spacial score (nSPS) is 21.1. The second-order valence-corrected chi connectivity index (χ2v) is 6.54. The van der Waals surface area contributed by atoms with Crippen molar-refractivity contribution < 1.29 is 9.47 Å². The van der Waals surface area contributed by atoms with E-state index in [0.29, 0.717) is 6.61 Å². The van der Waals surface area contributed by atoms with E-state index in [1.54, 1.807) is 7.11 Å². The van der Waals surface area contributed by atoms with Crippen LogP contribution in [0.15, 0.2) is 36.5 Å². The Hall–Kier alpha value is -1.98. The lowest BCUT2D eigenvalue weighted by Gasteiger charge is -2.28. The molecule has 2 heterocycles. The third-order valence-electron chi connectivity index (χ3n) is 4.57. The molecule has 0 bridgehead atoms. The zero-order valence-electron chi connectivity index (χ0n) is 14.7. The summed E-state index contributed by atoms with van der Waals surface area (Å²) in [7, 11) is 1.77. The largest absolute Gasteiger partial charge is 0.491 e. The summed E-state index contributed by atoms with van der Waals surface area (Å²) < 4.78 is 11.8. The molecule has 2 aromatic rings. The summed E-state index contributed by atoms with van der Waals surface area (Å²) in [6.45, 7) is 7.20. The summed E-state index contributed by atoms with van der Waals surface area (Å²) in [6, 6.07) is 10.1. The third kappa shape index (κ3) is 4.10. The lowest BCUT2D eigenvalue weighted by molar-refractivity contribution is -0.0360. The molecule has 0 radical (unpaired) electrons. The molecule has 5 heteroatoms. The van der Waals surface area contributed by atoms with Gasteiger partial charge in [-0.15, -0.1) is 0 Å². The quantitative estimate of drug-likeness (QED) is 0.816. The fraction of sp³-hybridized carbons (Fsp3) is 0.474. The van der Waals surface area contributed by atoms with Crippen molar-refractivity contribution in [3.8, 4) is 5.75 Å². The van der Waals surface area contributed by atoms with Crippen molar-refractivity contribution >= 4 is 0 Å². The summed E-state index contributed by atoms with van der Waals surface area (Å²) in [6.07, 6.45) is 2.78. The highest BCUT2D eigenvalue weighted by Gasteiger charge is 2.39. The standard InChI is InChI=1S/C19H25N3O2/c1-15-4-6-18(7-5-15)24-14-19(23-3)9-11-22(13-19)12-17-8-10-20-16(2)21-17/h4-8,10H,9,11-14H2,1-3H3/t19-/m1/s1. The number of ether oxygens (including phenoxy) is 2. The van der Waals surface area contributed by atoms with Crippen molar-refractivity contribution in [3.63, 3.8) is 0 Å². The van der Waals surface area contributed by atoms with Crippen molar-refractivity contribution in [2.45, 2.75) is 32.4 Å². The highest BCUT2D eigenvalue weighted by atomic mass is 16.5. The predicted octanol–water partition coefficient (Wildman–Crippen LogP) is 2.76. The minimum atomic E-state index is -0.257. The number of nitrogens with zero attached hydrogens (tertiary/aromatic N) is 3. The van der Waals surface area contributed by atoms with E-state index < -0.39 is 0 Å². The molecule has 1 aromatic heterocycles. The molecule has 1 aliphatic heterocycles. The minimum absolute atomic E-state index is 0.257. The van der Waals surface area contributed by atoms with Crippen molar-refractivity contribution in [2.24, 2.45) is 0 Å². The first kappa shape index (κ1) is 16.9. The Morgan fingerprint density at radius 3 is 2.67 bits per heavy atom. The van der Waals surface area contributed by atoms with Gasteiger partial charge in [0.05, 0.1) is 5.69 Å². The van der Waals surface area contributed by atoms with Gasteiger partial charge in [-0.1, -0.05) is 17.7 Å². The van der Waals surface area contributed by atoms with E-state index in [4.69, 9.17) is 9.47 Å². The molecular formula is C19H25N3O2. The lowest BCUT2D eigenvalue weighted by atomic mass is 10.0. The molecule has 128 valence electrons. The molecule has 5 nitrogen and oxygen atoms in total. The average Bonchev–Trinajstić information content (AvgIpc) is 2.98. The molecule has 1 aromatic carbocycles. The van der Waals surface area contributed by atoms with E-state index in [0.717, 1.165) is 43.3 Å². The summed E-state index contributed by atoms with van der Waals surface area (Å²) in [4.78, 5) is 11.0. The number of rotatable bonds is 6. The molecule has 0 unspecified atom stereocenters. The van der Waals surface area contributed by atoms with E-state index >= 15 is 0 Å². The van der Waals surface area contributed by atoms with Crippen LogP contribution in [-0.4, -0.2) is 47.3 Å². The fourth-order valence-corrected chi connectivity index (χ4v) is 3.08. The molecule has 0 saturated carbocycles. The van der Waals surface area contributed by atoms with Gasteiger partial charge in [-0.3, -0.25) is 4.90 Å². The van der Waals surface area contributed by atoms with Gasteiger partial charge >= 0.3 is 0 Å². The van der Waals surface area contributed by atoms with E-state index in [9.17, 15) is 0 Å². The zero-order chi connectivity index (χ0) is 17.0. The van der Waals surface area contributed by atoms with Crippen molar-refractivity contribution in [1.29, 1.82) is 0 Å². The molecule has 0 N–H and O–H groups in total. The van der Waals surface area contributed by atoms with Gasteiger partial charge in [0.25, 0.3) is 0 Å². The molecule has 0 spiro atoms. The summed E-state index contributed by atoms with van der Waals surface area (Å²) in [5.41, 5.74) is 2.03. The molecule has 1 fully saturated rings. The van der Waals surface area contributed by atoms with Gasteiger partial charge in [0.15, 0.2) is 0 Å². The number of hydrogen-bond acceptors (Lipinski definition) is 5. The van der Waals surface area contributed by atoms with Crippen LogP contribution in [0.3, 0.4) is 0 Å². The van der Waals surface area contributed by atoms with Gasteiger partial charge in [0, 0.05) is 32.9 Å². The highest BCUT2D eigenvalue weighted by Crippen LogP contribution is 2.27. The molecule has 0 amide bonds. The maximum absolute atomic E-state index is 5.98. The van der Waals surface area contributed by atoms with Crippen LogP contribution in [0.2, 0.25) is 0 Å². The van der Waals surface area contributed by atoms with Crippen LogP contribution in [-0.2, 0) is 11.3 Å². The molecular weight excluding hydrogens is 302 g/mol. The number of hydrogen-bond donors (Lipinski definition) is 0. The summed E-state index contributed by atoms with van der Waals surface area (Å²) in [5.74, 6) is 1.70. The first-order valence-electron chi connectivity index (χ1n) is 8.34. The molecule has 3 rings (SSSR count). The second kappa shape index (κ2) is 7.28. The summed E-state index contributed by atoms with van der Waals surface area (Å²) in [5, 5.41) is 0. The number of benzene rings is 1. The van der Waals surface area contributed by atoms with Crippen molar-refractivity contribution in [1.82, 2.24) is 14.9 Å². The minimum Gasteiger partial charge on any atom is -0.491 e. The fourth-order valence-electron chi connectivity index (χ4n) is 3.08. The third-order valence-corrected chi connectivity index (χ3v) is 4.57. The molecule has 1 atom stereocenters. The van der Waals surface area contributed by atoms with Gasteiger partial charge in [-0.2, -0.15) is 0 Å². The Bertz CT molecular complexity index is 675. The van der Waals surface area contributed by atoms with Crippen molar-refractivity contribution in [3.05, 3.63) is 53.6 Å². The van der Waals surface area contributed by atoms with Gasteiger partial charge in [-0.05, 0) is 38.5 Å². The van der Waals surface area contributed by atoms with Crippen LogP contribution in [0.25, 0.3) is 0 Å². The first-order chi connectivity index (χ1) is 11.6. The molecule has 1 aliphatic rings. The number of methoxy groups -OCH3 is 1. The van der Waals surface area contributed by atoms with Crippen LogP contribution < -0.4 is 4.74 Å². The van der Waals surface area contributed by atoms with Crippen LogP contribution in [0, 0.1) is 13.8 Å². The van der Waals surface area contributed by atoms with Gasteiger partial charge in [0.1, 0.15) is 23.8 Å². The smallest absolute Gasteiger partial charge is 0.125 e. The number of aryl methyl sites for hydroxylation is 2. The Morgan fingerprint density at radius 2 is 1.96 bits per heavy atom. The van der Waals surface area contributed by atoms with Gasteiger partial charge in [-0.25, -0.2) is 9.97 Å². The highest BCUT2D eigenvalue weighted by molar-refractivity contribution is 5.26. The van der Waals surface area contributed by atoms with E-state index in [1.807, 2.05) is 31.3 Å². The summed E-state index contributed by atoms with van der Waals surface area (Å²) >= 11 is 0. The van der Waals surface area contributed by atoms with E-state index in [1.165, 1.54) is 5.56 Å². The van der Waals surface area contributed by atoms with Crippen LogP contribution in [0.5, 0.6) is 5.75 Å². The van der Waals surface area contributed by atoms with Gasteiger partial charge < -0.3 is 9.47 Å². The monoisotopic (exact) mass is 327 g/mol. The molecule has 1 saturated heterocycles. The van der Waals surface area contributed by atoms with Gasteiger partial charge in [0.2, 0.25) is 0 Å². The molecule has 0 aliphatic carbocycles. The Balaban J connectivity index is 1.59. The van der Waals surface area contributed by atoms with E-state index in [2.05, 4.69) is 33.9 Å². The van der Waals surface area contributed by atoms with E-state index in [-0.39, 0.29) is 5.60 Å². The maximum atomic E-state index is 5.98. The Morgan fingerprint density at radius 1 is 1.17 bits per heavy atom. The topological polar surface area (TPSA) is 47.5 Å². The second-order valence-electron chi connectivity index (χ2n) is 6.54. The average molecular weight is 327 g/mol. The Kier molecular flexibility index (Phi) is 5.11. The first-order valence-corrected chi connectivity index (χ1v) is 8.34. The molecule has 24 heavy (non-hydrogen) atoms. The maximum Gasteiger partial charge on any atom is 0.125 e. The van der Waals surface area contributed by atoms with Crippen LogP contribution >= 0.6 is 0 Å². The van der Waals surface area contributed by atoms with Crippen LogP contribution in [0.4, 0.5) is 0 Å². The Labute approximate surface area is 143 Å². The zero-order valence-corrected chi connectivity index (χ0v) is 14.7. The van der Waals surface area contributed by atoms with Crippen molar-refractivity contribution in [2.75, 3.05) is 26.8 Å². The SMILES string of the molecule is CO[C@]1(COc2ccc(C)cc2)CCN(Cc2ccnc(C)n2)C1. The van der Waals surface area contributed by atoms with Crippen LogP contribution in [0.1, 0.15) is 23.5 Å². The number of likely N-dealkylation sites (tertiary alicyclic amines) is 1. The predicted molar refractivity (Wildman–Crippen MR) is 93.1 cm³/mol. The number of aromatic nitrogens is 2.